The highest BCUT2D eigenvalue weighted by molar-refractivity contribution is 6.31. The second-order valence-corrected chi connectivity index (χ2v) is 4.80. The van der Waals surface area contributed by atoms with Crippen LogP contribution >= 0.6 is 11.6 Å². The predicted octanol–water partition coefficient (Wildman–Crippen LogP) is 2.81. The highest BCUT2D eigenvalue weighted by Gasteiger charge is 2.18. The van der Waals surface area contributed by atoms with Crippen molar-refractivity contribution in [3.8, 4) is 17.1 Å². The van der Waals surface area contributed by atoms with Crippen LogP contribution in [0.5, 0.6) is 5.75 Å². The van der Waals surface area contributed by atoms with Gasteiger partial charge in [-0.05, 0) is 30.3 Å². The zero-order chi connectivity index (χ0) is 15.0. The number of hydrogen-bond donors (Lipinski definition) is 1. The third kappa shape index (κ3) is 2.21. The van der Waals surface area contributed by atoms with Crippen molar-refractivity contribution in [3.63, 3.8) is 0 Å². The highest BCUT2D eigenvalue weighted by atomic mass is 35.5. The molecule has 2 aromatic heterocycles. The molecular formula is C15H10ClNO4. The number of benzene rings is 1. The number of aromatic amines is 1. The van der Waals surface area contributed by atoms with Crippen LogP contribution in [0.15, 0.2) is 50.6 Å². The molecule has 0 fully saturated rings. The predicted molar refractivity (Wildman–Crippen MR) is 80.1 cm³/mol. The van der Waals surface area contributed by atoms with Crippen LogP contribution in [0.3, 0.4) is 0 Å². The van der Waals surface area contributed by atoms with Crippen molar-refractivity contribution < 1.29 is 9.15 Å². The number of methoxy groups -OCH3 is 1. The first-order valence-corrected chi connectivity index (χ1v) is 6.47. The molecule has 6 heteroatoms. The van der Waals surface area contributed by atoms with E-state index in [2.05, 4.69) is 4.98 Å². The number of ether oxygens (including phenoxy) is 1. The lowest BCUT2D eigenvalue weighted by atomic mass is 10.1. The summed E-state index contributed by atoms with van der Waals surface area (Å²) in [7, 11) is 1.33. The molecule has 0 atom stereocenters. The molecule has 21 heavy (non-hydrogen) atoms. The molecule has 0 spiro atoms. The molecule has 0 aliphatic heterocycles. The Balaban J connectivity index is 2.58. The number of fused-ring (bicyclic) bond motifs is 1. The average Bonchev–Trinajstić information content (AvgIpc) is 2.94. The lowest BCUT2D eigenvalue weighted by molar-refractivity contribution is 0.409. The van der Waals surface area contributed by atoms with Crippen LogP contribution in [0.25, 0.3) is 22.2 Å². The van der Waals surface area contributed by atoms with Gasteiger partial charge in [0, 0.05) is 10.4 Å². The van der Waals surface area contributed by atoms with Gasteiger partial charge >= 0.3 is 0 Å². The van der Waals surface area contributed by atoms with Gasteiger partial charge in [-0.15, -0.1) is 0 Å². The van der Waals surface area contributed by atoms with E-state index in [4.69, 9.17) is 20.8 Å². The largest absolute Gasteiger partial charge is 0.490 e. The quantitative estimate of drug-likeness (QED) is 0.790. The fourth-order valence-corrected chi connectivity index (χ4v) is 2.36. The van der Waals surface area contributed by atoms with Crippen molar-refractivity contribution in [2.24, 2.45) is 0 Å². The summed E-state index contributed by atoms with van der Waals surface area (Å²) in [5, 5.41) is 0.744. The fourth-order valence-electron chi connectivity index (χ4n) is 2.19. The SMILES string of the molecule is COc1c(-c2ccco2)c(=O)c2ccc(Cl)cc2[nH]c1=O. The molecule has 0 aliphatic rings. The van der Waals surface area contributed by atoms with Gasteiger partial charge in [0.1, 0.15) is 11.3 Å². The Bertz CT molecular complexity index is 929. The second kappa shape index (κ2) is 5.10. The number of halogens is 1. The number of aromatic nitrogens is 1. The minimum absolute atomic E-state index is 0.0843. The molecule has 0 bridgehead atoms. The summed E-state index contributed by atoms with van der Waals surface area (Å²) in [6.07, 6.45) is 1.43. The highest BCUT2D eigenvalue weighted by Crippen LogP contribution is 2.25. The summed E-state index contributed by atoms with van der Waals surface area (Å²) in [5.74, 6) is 0.178. The van der Waals surface area contributed by atoms with Crippen molar-refractivity contribution in [3.05, 3.63) is 62.2 Å². The first-order valence-electron chi connectivity index (χ1n) is 6.09. The molecule has 0 unspecified atom stereocenters. The van der Waals surface area contributed by atoms with Gasteiger partial charge in [-0.2, -0.15) is 0 Å². The van der Waals surface area contributed by atoms with E-state index < -0.39 is 5.56 Å². The van der Waals surface area contributed by atoms with E-state index in [-0.39, 0.29) is 22.5 Å². The fraction of sp³-hybridized carbons (Fsp3) is 0.0667. The Morgan fingerprint density at radius 3 is 2.71 bits per heavy atom. The van der Waals surface area contributed by atoms with Gasteiger partial charge in [-0.25, -0.2) is 0 Å². The molecule has 0 saturated heterocycles. The first-order chi connectivity index (χ1) is 10.1. The van der Waals surface area contributed by atoms with Gasteiger partial charge in [-0.1, -0.05) is 11.6 Å². The average molecular weight is 304 g/mol. The van der Waals surface area contributed by atoms with E-state index in [0.29, 0.717) is 15.9 Å². The van der Waals surface area contributed by atoms with Crippen LogP contribution in [-0.2, 0) is 0 Å². The zero-order valence-electron chi connectivity index (χ0n) is 11.0. The Kier molecular flexibility index (Phi) is 3.27. The number of hydrogen-bond acceptors (Lipinski definition) is 4. The smallest absolute Gasteiger partial charge is 0.291 e. The summed E-state index contributed by atoms with van der Waals surface area (Å²) in [4.78, 5) is 27.6. The molecule has 0 amide bonds. The maximum absolute atomic E-state index is 12.7. The molecule has 1 aromatic carbocycles. The van der Waals surface area contributed by atoms with E-state index in [1.54, 1.807) is 24.3 Å². The van der Waals surface area contributed by atoms with Crippen molar-refractivity contribution in [2.45, 2.75) is 0 Å². The Hall–Kier alpha value is -2.53. The molecule has 106 valence electrons. The number of H-pyrrole nitrogens is 1. The van der Waals surface area contributed by atoms with Crippen molar-refractivity contribution >= 4 is 22.5 Å². The molecule has 0 saturated carbocycles. The van der Waals surface area contributed by atoms with Crippen LogP contribution in [0.1, 0.15) is 0 Å². The Labute approximate surface area is 123 Å². The third-order valence-corrected chi connectivity index (χ3v) is 3.34. The van der Waals surface area contributed by atoms with Crippen LogP contribution in [0.4, 0.5) is 0 Å². The standard InChI is InChI=1S/C15H10ClNO4/c1-20-14-12(11-3-2-6-21-11)13(18)9-5-4-8(16)7-10(9)17-15(14)19/h2-7H,1H3,(H,17,19). The summed E-state index contributed by atoms with van der Waals surface area (Å²) < 4.78 is 10.4. The normalized spacial score (nSPS) is 10.8. The minimum Gasteiger partial charge on any atom is -0.490 e. The number of furan rings is 1. The molecule has 0 radical (unpaired) electrons. The topological polar surface area (TPSA) is 72.3 Å². The molecule has 0 aliphatic carbocycles. The Morgan fingerprint density at radius 2 is 2.05 bits per heavy atom. The first kappa shape index (κ1) is 13.5. The third-order valence-electron chi connectivity index (χ3n) is 3.11. The van der Waals surface area contributed by atoms with Crippen LogP contribution in [0, 0.1) is 0 Å². The van der Waals surface area contributed by atoms with Gasteiger partial charge < -0.3 is 14.1 Å². The van der Waals surface area contributed by atoms with E-state index in [1.807, 2.05) is 0 Å². The molecule has 3 aromatic rings. The summed E-state index contributed by atoms with van der Waals surface area (Å²) in [5.41, 5.74) is -0.472. The lowest BCUT2D eigenvalue weighted by Crippen LogP contribution is -2.09. The molecule has 1 N–H and O–H groups in total. The molecule has 2 heterocycles. The van der Waals surface area contributed by atoms with Gasteiger partial charge in [0.05, 0.1) is 18.9 Å². The van der Waals surface area contributed by atoms with E-state index in [0.717, 1.165) is 0 Å². The lowest BCUT2D eigenvalue weighted by Gasteiger charge is -1.99. The van der Waals surface area contributed by atoms with Crippen LogP contribution in [-0.4, -0.2) is 12.1 Å². The van der Waals surface area contributed by atoms with Crippen LogP contribution < -0.4 is 15.7 Å². The number of rotatable bonds is 2. The maximum Gasteiger partial charge on any atom is 0.291 e. The molecule has 3 rings (SSSR count). The van der Waals surface area contributed by atoms with Gasteiger partial charge in [0.15, 0.2) is 5.75 Å². The van der Waals surface area contributed by atoms with Gasteiger partial charge in [0.25, 0.3) is 5.56 Å². The summed E-state index contributed by atoms with van der Waals surface area (Å²) in [6, 6.07) is 7.89. The van der Waals surface area contributed by atoms with Gasteiger partial charge in [-0.3, -0.25) is 9.59 Å². The second-order valence-electron chi connectivity index (χ2n) is 4.36. The summed E-state index contributed by atoms with van der Waals surface area (Å²) >= 11 is 5.91. The monoisotopic (exact) mass is 303 g/mol. The van der Waals surface area contributed by atoms with E-state index >= 15 is 0 Å². The zero-order valence-corrected chi connectivity index (χ0v) is 11.7. The van der Waals surface area contributed by atoms with Gasteiger partial charge in [0.2, 0.25) is 5.43 Å². The van der Waals surface area contributed by atoms with E-state index in [1.165, 1.54) is 19.4 Å². The Morgan fingerprint density at radius 1 is 1.24 bits per heavy atom. The molecule has 5 nitrogen and oxygen atoms in total. The summed E-state index contributed by atoms with van der Waals surface area (Å²) in [6.45, 7) is 0. The van der Waals surface area contributed by atoms with E-state index in [9.17, 15) is 9.59 Å². The number of nitrogens with one attached hydrogen (secondary N) is 1. The minimum atomic E-state index is -0.529. The maximum atomic E-state index is 12.7. The van der Waals surface area contributed by atoms with Crippen molar-refractivity contribution in [2.75, 3.05) is 7.11 Å². The molecular weight excluding hydrogens is 294 g/mol. The van der Waals surface area contributed by atoms with Crippen molar-refractivity contribution in [1.82, 2.24) is 4.98 Å². The van der Waals surface area contributed by atoms with Crippen LogP contribution in [0.2, 0.25) is 5.02 Å². The van der Waals surface area contributed by atoms with Crippen molar-refractivity contribution in [1.29, 1.82) is 0 Å².